The van der Waals surface area contributed by atoms with Crippen LogP contribution in [-0.4, -0.2) is 21.7 Å². The molecular formula is C17H19N3O2. The quantitative estimate of drug-likeness (QED) is 0.805. The van der Waals surface area contributed by atoms with Gasteiger partial charge in [-0.2, -0.15) is 0 Å². The Balaban J connectivity index is 2.23. The van der Waals surface area contributed by atoms with E-state index in [1.165, 1.54) is 4.52 Å². The molecule has 0 bridgehead atoms. The summed E-state index contributed by atoms with van der Waals surface area (Å²) in [6.07, 6.45) is 1.77. The van der Waals surface area contributed by atoms with Gasteiger partial charge in [0.2, 0.25) is 0 Å². The molecule has 0 unspecified atom stereocenters. The van der Waals surface area contributed by atoms with Crippen LogP contribution in [0.3, 0.4) is 0 Å². The number of aromatic amines is 1. The fourth-order valence-electron chi connectivity index (χ4n) is 2.68. The highest BCUT2D eigenvalue weighted by atomic mass is 16.5. The molecule has 0 saturated carbocycles. The summed E-state index contributed by atoms with van der Waals surface area (Å²) in [6.45, 7) is 4.03. The summed E-state index contributed by atoms with van der Waals surface area (Å²) >= 11 is 0. The first-order valence-corrected chi connectivity index (χ1v) is 7.39. The predicted octanol–water partition coefficient (Wildman–Crippen LogP) is 2.96. The summed E-state index contributed by atoms with van der Waals surface area (Å²) in [4.78, 5) is 16.9. The lowest BCUT2D eigenvalue weighted by atomic mass is 10.1. The number of nitrogens with zero attached hydrogens (tertiary/aromatic N) is 2. The highest BCUT2D eigenvalue weighted by Crippen LogP contribution is 2.28. The lowest BCUT2D eigenvalue weighted by Gasteiger charge is -2.04. The van der Waals surface area contributed by atoms with Crippen molar-refractivity contribution >= 4 is 5.65 Å². The van der Waals surface area contributed by atoms with Crippen molar-refractivity contribution < 1.29 is 4.74 Å². The number of nitrogens with one attached hydrogen (secondary N) is 1. The molecule has 0 amide bonds. The molecule has 22 heavy (non-hydrogen) atoms. The van der Waals surface area contributed by atoms with Crippen molar-refractivity contribution in [2.75, 3.05) is 7.11 Å². The number of ether oxygens (including phenoxy) is 1. The number of rotatable bonds is 4. The molecule has 0 saturated heterocycles. The monoisotopic (exact) mass is 297 g/mol. The molecule has 0 aliphatic rings. The normalized spacial score (nSPS) is 11.0. The van der Waals surface area contributed by atoms with Crippen molar-refractivity contribution in [3.8, 4) is 16.9 Å². The number of hydrogen-bond acceptors (Lipinski definition) is 3. The fraction of sp³-hybridized carbons (Fsp3) is 0.294. The topological polar surface area (TPSA) is 59.4 Å². The van der Waals surface area contributed by atoms with Gasteiger partial charge in [-0.3, -0.25) is 9.89 Å². The van der Waals surface area contributed by atoms with E-state index in [4.69, 9.17) is 4.74 Å². The summed E-state index contributed by atoms with van der Waals surface area (Å²) < 4.78 is 6.70. The molecule has 5 heteroatoms. The summed E-state index contributed by atoms with van der Waals surface area (Å²) in [7, 11) is 1.64. The van der Waals surface area contributed by atoms with Crippen molar-refractivity contribution in [2.24, 2.45) is 0 Å². The highest BCUT2D eigenvalue weighted by Gasteiger charge is 2.14. The second-order valence-corrected chi connectivity index (χ2v) is 5.34. The van der Waals surface area contributed by atoms with E-state index < -0.39 is 0 Å². The van der Waals surface area contributed by atoms with Crippen molar-refractivity contribution in [1.82, 2.24) is 14.6 Å². The molecule has 0 fully saturated rings. The Bertz CT molecular complexity index is 860. The van der Waals surface area contributed by atoms with E-state index in [-0.39, 0.29) is 5.56 Å². The zero-order chi connectivity index (χ0) is 15.7. The van der Waals surface area contributed by atoms with Crippen molar-refractivity contribution in [3.05, 3.63) is 52.1 Å². The van der Waals surface area contributed by atoms with Gasteiger partial charge in [0.1, 0.15) is 5.75 Å². The molecule has 3 rings (SSSR count). The van der Waals surface area contributed by atoms with Crippen LogP contribution >= 0.6 is 0 Å². The Hall–Kier alpha value is -2.56. The van der Waals surface area contributed by atoms with Crippen molar-refractivity contribution in [2.45, 2.75) is 26.7 Å². The molecule has 1 aromatic carbocycles. The number of fused-ring (bicyclic) bond motifs is 1. The SMILES string of the molecule is CCCc1cc(=O)n2[nH]c(C)c(-c3ccc(OC)cc3)c2n1. The molecule has 0 spiro atoms. The Morgan fingerprint density at radius 1 is 1.27 bits per heavy atom. The minimum absolute atomic E-state index is 0.0729. The first kappa shape index (κ1) is 14.4. The largest absolute Gasteiger partial charge is 0.497 e. The highest BCUT2D eigenvalue weighted by molar-refractivity contribution is 5.80. The van der Waals surface area contributed by atoms with Crippen molar-refractivity contribution in [1.29, 1.82) is 0 Å². The third kappa shape index (κ3) is 2.39. The molecular weight excluding hydrogens is 278 g/mol. The molecule has 0 aliphatic carbocycles. The third-order valence-corrected chi connectivity index (χ3v) is 3.73. The van der Waals surface area contributed by atoms with Crippen LogP contribution in [0.2, 0.25) is 0 Å². The van der Waals surface area contributed by atoms with Gasteiger partial charge in [0.05, 0.1) is 7.11 Å². The first-order valence-electron chi connectivity index (χ1n) is 7.39. The standard InChI is InChI=1S/C17H19N3O2/c1-4-5-13-10-15(21)20-17(18-13)16(11(2)19-20)12-6-8-14(22-3)9-7-12/h6-10,19H,4-5H2,1-3H3. The molecule has 0 atom stereocenters. The Kier molecular flexibility index (Phi) is 3.71. The molecule has 0 radical (unpaired) electrons. The van der Waals surface area contributed by atoms with Gasteiger partial charge in [-0.15, -0.1) is 0 Å². The predicted molar refractivity (Wildman–Crippen MR) is 86.5 cm³/mol. The zero-order valence-electron chi connectivity index (χ0n) is 13.0. The second kappa shape index (κ2) is 5.67. The van der Waals surface area contributed by atoms with E-state index in [9.17, 15) is 4.79 Å². The van der Waals surface area contributed by atoms with Gasteiger partial charge in [-0.05, 0) is 31.0 Å². The molecule has 2 heterocycles. The summed E-state index contributed by atoms with van der Waals surface area (Å²) in [5.41, 5.74) is 4.33. The Morgan fingerprint density at radius 3 is 2.64 bits per heavy atom. The second-order valence-electron chi connectivity index (χ2n) is 5.34. The van der Waals surface area contributed by atoms with Gasteiger partial charge in [-0.25, -0.2) is 9.50 Å². The van der Waals surface area contributed by atoms with Gasteiger partial charge in [0.25, 0.3) is 5.56 Å². The maximum atomic E-state index is 12.2. The number of hydrogen-bond donors (Lipinski definition) is 1. The van der Waals surface area contributed by atoms with Crippen LogP contribution < -0.4 is 10.3 Å². The number of benzene rings is 1. The lowest BCUT2D eigenvalue weighted by Crippen LogP contribution is -2.15. The summed E-state index contributed by atoms with van der Waals surface area (Å²) in [5, 5.41) is 3.10. The van der Waals surface area contributed by atoms with Gasteiger partial charge in [0.15, 0.2) is 5.65 Å². The number of H-pyrrole nitrogens is 1. The van der Waals surface area contributed by atoms with E-state index in [1.54, 1.807) is 13.2 Å². The number of methoxy groups -OCH3 is 1. The van der Waals surface area contributed by atoms with Crippen LogP contribution in [0.4, 0.5) is 0 Å². The third-order valence-electron chi connectivity index (χ3n) is 3.73. The Morgan fingerprint density at radius 2 is 2.00 bits per heavy atom. The molecule has 2 aromatic heterocycles. The average Bonchev–Trinajstić information content (AvgIpc) is 2.85. The lowest BCUT2D eigenvalue weighted by molar-refractivity contribution is 0.415. The van der Waals surface area contributed by atoms with Crippen LogP contribution in [-0.2, 0) is 6.42 Å². The maximum absolute atomic E-state index is 12.2. The molecule has 1 N–H and O–H groups in total. The van der Waals surface area contributed by atoms with Crippen LogP contribution in [0.5, 0.6) is 5.75 Å². The molecule has 114 valence electrons. The van der Waals surface area contributed by atoms with Crippen LogP contribution in [0.25, 0.3) is 16.8 Å². The van der Waals surface area contributed by atoms with E-state index in [0.29, 0.717) is 5.65 Å². The van der Waals surface area contributed by atoms with Crippen LogP contribution in [0.1, 0.15) is 24.7 Å². The fourth-order valence-corrected chi connectivity index (χ4v) is 2.68. The number of aromatic nitrogens is 3. The van der Waals surface area contributed by atoms with Gasteiger partial charge < -0.3 is 4.74 Å². The zero-order valence-corrected chi connectivity index (χ0v) is 13.0. The minimum atomic E-state index is -0.0729. The van der Waals surface area contributed by atoms with Crippen LogP contribution in [0.15, 0.2) is 35.1 Å². The molecule has 0 aliphatic heterocycles. The summed E-state index contributed by atoms with van der Waals surface area (Å²) in [6, 6.07) is 9.38. The van der Waals surface area contributed by atoms with E-state index in [1.807, 2.05) is 31.2 Å². The van der Waals surface area contributed by atoms with E-state index in [0.717, 1.165) is 41.1 Å². The van der Waals surface area contributed by atoms with Crippen LogP contribution in [0, 0.1) is 6.92 Å². The van der Waals surface area contributed by atoms with Crippen molar-refractivity contribution in [3.63, 3.8) is 0 Å². The Labute approximate surface area is 128 Å². The molecule has 5 nitrogen and oxygen atoms in total. The van der Waals surface area contributed by atoms with E-state index in [2.05, 4.69) is 17.0 Å². The maximum Gasteiger partial charge on any atom is 0.272 e. The van der Waals surface area contributed by atoms with E-state index >= 15 is 0 Å². The average molecular weight is 297 g/mol. The summed E-state index contributed by atoms with van der Waals surface area (Å²) in [5.74, 6) is 0.804. The minimum Gasteiger partial charge on any atom is -0.497 e. The smallest absolute Gasteiger partial charge is 0.272 e. The van der Waals surface area contributed by atoms with Gasteiger partial charge >= 0.3 is 0 Å². The molecule has 3 aromatic rings. The van der Waals surface area contributed by atoms with Gasteiger partial charge in [-0.1, -0.05) is 25.5 Å². The number of aryl methyl sites for hydroxylation is 2. The first-order chi connectivity index (χ1) is 10.6. The van der Waals surface area contributed by atoms with Gasteiger partial charge in [0, 0.05) is 23.0 Å².